The molecule has 3 heterocycles. The molecule has 0 radical (unpaired) electrons. The normalized spacial score (nSPS) is 13.7. The molecule has 110 valence electrons. The fourth-order valence-electron chi connectivity index (χ4n) is 2.09. The number of nitrogens with zero attached hydrogens (tertiary/aromatic N) is 4. The monoisotopic (exact) mass is 324 g/mol. The van der Waals surface area contributed by atoms with Crippen molar-refractivity contribution < 1.29 is 4.79 Å². The second-order valence-electron chi connectivity index (χ2n) is 4.46. The van der Waals surface area contributed by atoms with Gasteiger partial charge in [-0.05, 0) is 0 Å². The minimum atomic E-state index is -0.265. The molecule has 21 heavy (non-hydrogen) atoms. The zero-order valence-corrected chi connectivity index (χ0v) is 12.8. The molecule has 3 rings (SSSR count). The lowest BCUT2D eigenvalue weighted by atomic mass is 10.2. The van der Waals surface area contributed by atoms with Crippen molar-refractivity contribution >= 4 is 39.9 Å². The van der Waals surface area contributed by atoms with E-state index in [0.29, 0.717) is 16.8 Å². The molecule has 2 aromatic rings. The van der Waals surface area contributed by atoms with E-state index in [-0.39, 0.29) is 6.03 Å². The number of nitrogens with one attached hydrogen (secondary N) is 2. The van der Waals surface area contributed by atoms with Gasteiger partial charge < -0.3 is 10.2 Å². The molecule has 0 aromatic carbocycles. The summed E-state index contributed by atoms with van der Waals surface area (Å²) in [6.45, 7) is 1.49. The lowest BCUT2D eigenvalue weighted by molar-refractivity contribution is 0.254. The highest BCUT2D eigenvalue weighted by Gasteiger charge is 2.22. The zero-order chi connectivity index (χ0) is 14.8. The molecule has 0 saturated carbocycles. The molecular weight excluding hydrogens is 312 g/mol. The number of rotatable bonds is 2. The Morgan fingerprint density at radius 3 is 3.05 bits per heavy atom. The first-order valence-electron chi connectivity index (χ1n) is 6.35. The number of hydrogen-bond acceptors (Lipinski definition) is 6. The number of carbonyl (C=O) groups is 1. The van der Waals surface area contributed by atoms with Gasteiger partial charge in [0.15, 0.2) is 5.13 Å². The Labute approximate surface area is 130 Å². The minimum Gasteiger partial charge on any atom is -0.350 e. The molecule has 0 fully saturated rings. The number of fused-ring (bicyclic) bond motifs is 1. The van der Waals surface area contributed by atoms with E-state index in [4.69, 9.17) is 11.6 Å². The Balaban J connectivity index is 1.77. The third-order valence-electron chi connectivity index (χ3n) is 3.10. The van der Waals surface area contributed by atoms with Crippen LogP contribution in [0.4, 0.5) is 15.7 Å². The van der Waals surface area contributed by atoms with Crippen molar-refractivity contribution in [1.82, 2.24) is 20.3 Å². The van der Waals surface area contributed by atoms with E-state index in [1.807, 2.05) is 0 Å². The van der Waals surface area contributed by atoms with Gasteiger partial charge in [0.1, 0.15) is 11.0 Å². The van der Waals surface area contributed by atoms with Crippen molar-refractivity contribution in [2.75, 3.05) is 23.8 Å². The summed E-state index contributed by atoms with van der Waals surface area (Å²) in [5, 5.41) is 6.20. The fourth-order valence-corrected chi connectivity index (χ4v) is 3.25. The lowest BCUT2D eigenvalue weighted by Gasteiger charge is -2.26. The van der Waals surface area contributed by atoms with Gasteiger partial charge in [-0.15, -0.1) is 0 Å². The van der Waals surface area contributed by atoms with Crippen LogP contribution in [-0.2, 0) is 13.0 Å². The largest absolute Gasteiger partial charge is 0.350 e. The summed E-state index contributed by atoms with van der Waals surface area (Å²) < 4.78 is 0. The van der Waals surface area contributed by atoms with Crippen LogP contribution in [0.3, 0.4) is 0 Å². The van der Waals surface area contributed by atoms with Gasteiger partial charge in [0.05, 0.1) is 24.6 Å². The third kappa shape index (κ3) is 3.06. The molecule has 2 N–H and O–H groups in total. The maximum absolute atomic E-state index is 11.3. The predicted molar refractivity (Wildman–Crippen MR) is 82.0 cm³/mol. The van der Waals surface area contributed by atoms with Crippen LogP contribution >= 0.6 is 22.9 Å². The van der Waals surface area contributed by atoms with Crippen molar-refractivity contribution in [3.8, 4) is 0 Å². The molecule has 0 atom stereocenters. The molecule has 0 saturated heterocycles. The third-order valence-corrected chi connectivity index (χ3v) is 4.28. The summed E-state index contributed by atoms with van der Waals surface area (Å²) >= 11 is 7.35. The summed E-state index contributed by atoms with van der Waals surface area (Å²) in [5.41, 5.74) is 1.03. The molecule has 0 aliphatic carbocycles. The molecule has 9 heteroatoms. The van der Waals surface area contributed by atoms with E-state index in [9.17, 15) is 4.79 Å². The topological polar surface area (TPSA) is 83.0 Å². The van der Waals surface area contributed by atoms with Crippen molar-refractivity contribution in [2.24, 2.45) is 0 Å². The van der Waals surface area contributed by atoms with Crippen molar-refractivity contribution in [3.05, 3.63) is 28.1 Å². The molecule has 2 amide bonds. The Morgan fingerprint density at radius 2 is 2.29 bits per heavy atom. The highest BCUT2D eigenvalue weighted by atomic mass is 35.5. The first kappa shape index (κ1) is 14.0. The summed E-state index contributed by atoms with van der Waals surface area (Å²) in [7, 11) is 1.57. The van der Waals surface area contributed by atoms with Crippen LogP contribution < -0.4 is 15.5 Å². The van der Waals surface area contributed by atoms with Crippen molar-refractivity contribution in [2.45, 2.75) is 13.0 Å². The zero-order valence-electron chi connectivity index (χ0n) is 11.3. The van der Waals surface area contributed by atoms with Gasteiger partial charge in [-0.25, -0.2) is 14.8 Å². The molecule has 1 aliphatic heterocycles. The van der Waals surface area contributed by atoms with E-state index in [1.54, 1.807) is 13.2 Å². The molecule has 0 spiro atoms. The average Bonchev–Trinajstić information content (AvgIpc) is 2.88. The Morgan fingerprint density at radius 1 is 1.43 bits per heavy atom. The van der Waals surface area contributed by atoms with Crippen molar-refractivity contribution in [1.29, 1.82) is 0 Å². The number of aromatic nitrogens is 3. The molecule has 1 aliphatic rings. The van der Waals surface area contributed by atoms with Crippen LogP contribution in [0, 0.1) is 0 Å². The fraction of sp³-hybridized carbons (Fsp3) is 0.333. The summed E-state index contributed by atoms with van der Waals surface area (Å²) in [4.78, 5) is 27.3. The van der Waals surface area contributed by atoms with E-state index in [2.05, 4.69) is 30.5 Å². The van der Waals surface area contributed by atoms with Crippen LogP contribution in [0.1, 0.15) is 10.6 Å². The molecular formula is C12H13ClN6OS. The second-order valence-corrected chi connectivity index (χ2v) is 5.94. The summed E-state index contributed by atoms with van der Waals surface area (Å²) in [6, 6.07) is -0.265. The lowest BCUT2D eigenvalue weighted by Crippen LogP contribution is -2.30. The minimum absolute atomic E-state index is 0.265. The van der Waals surface area contributed by atoms with Crippen LogP contribution in [0.25, 0.3) is 0 Å². The Hall–Kier alpha value is -1.93. The van der Waals surface area contributed by atoms with Crippen LogP contribution in [0.5, 0.6) is 0 Å². The standard InChI is InChI=1S/C12H13ClN6OS/c1-14-11(20)18-12-16-7-2-3-19(6-8(7)21-12)10-5-15-4-9(13)17-10/h4-5H,2-3,6H2,1H3,(H2,14,16,18,20). The van der Waals surface area contributed by atoms with Crippen LogP contribution in [0.15, 0.2) is 12.4 Å². The number of amides is 2. The summed E-state index contributed by atoms with van der Waals surface area (Å²) in [6.07, 6.45) is 4.01. The number of halogens is 1. The van der Waals surface area contributed by atoms with E-state index in [1.165, 1.54) is 17.5 Å². The van der Waals surface area contributed by atoms with Gasteiger partial charge in [-0.3, -0.25) is 10.3 Å². The number of hydrogen-bond donors (Lipinski definition) is 2. The second kappa shape index (κ2) is 5.82. The Kier molecular flexibility index (Phi) is 3.89. The predicted octanol–water partition coefficient (Wildman–Crippen LogP) is 1.90. The first-order chi connectivity index (χ1) is 10.2. The molecule has 0 unspecified atom stereocenters. The van der Waals surface area contributed by atoms with Crippen LogP contribution in [0.2, 0.25) is 5.15 Å². The van der Waals surface area contributed by atoms with E-state index in [0.717, 1.165) is 29.4 Å². The van der Waals surface area contributed by atoms with Crippen molar-refractivity contribution in [3.63, 3.8) is 0 Å². The van der Waals surface area contributed by atoms with Gasteiger partial charge >= 0.3 is 6.03 Å². The van der Waals surface area contributed by atoms with E-state index >= 15 is 0 Å². The maximum atomic E-state index is 11.3. The van der Waals surface area contributed by atoms with E-state index < -0.39 is 0 Å². The quantitative estimate of drug-likeness (QED) is 0.881. The SMILES string of the molecule is CNC(=O)Nc1nc2c(s1)CN(c1cncc(Cl)n1)CC2. The molecule has 0 bridgehead atoms. The highest BCUT2D eigenvalue weighted by molar-refractivity contribution is 7.15. The number of anilines is 2. The van der Waals surface area contributed by atoms with Gasteiger partial charge in [0.2, 0.25) is 0 Å². The van der Waals surface area contributed by atoms with Gasteiger partial charge in [-0.2, -0.15) is 0 Å². The smallest absolute Gasteiger partial charge is 0.320 e. The molecule has 2 aromatic heterocycles. The maximum Gasteiger partial charge on any atom is 0.320 e. The number of carbonyl (C=O) groups excluding carboxylic acids is 1. The Bertz CT molecular complexity index is 676. The van der Waals surface area contributed by atoms with Gasteiger partial charge in [0, 0.05) is 24.9 Å². The van der Waals surface area contributed by atoms with Gasteiger partial charge in [-0.1, -0.05) is 22.9 Å². The summed E-state index contributed by atoms with van der Waals surface area (Å²) in [5.74, 6) is 0.752. The number of urea groups is 1. The number of thiazole rings is 1. The first-order valence-corrected chi connectivity index (χ1v) is 7.55. The molecule has 7 nitrogen and oxygen atoms in total. The van der Waals surface area contributed by atoms with Gasteiger partial charge in [0.25, 0.3) is 0 Å². The highest BCUT2D eigenvalue weighted by Crippen LogP contribution is 2.30. The average molecular weight is 325 g/mol. The van der Waals surface area contributed by atoms with Crippen LogP contribution in [-0.4, -0.2) is 34.6 Å².